The van der Waals surface area contributed by atoms with E-state index < -0.39 is 0 Å². The first-order valence-electron chi connectivity index (χ1n) is 13.0. The van der Waals surface area contributed by atoms with Gasteiger partial charge in [0.15, 0.2) is 29.0 Å². The van der Waals surface area contributed by atoms with Crippen molar-refractivity contribution >= 4 is 34.6 Å². The molecule has 8 nitrogen and oxygen atoms in total. The number of anilines is 2. The zero-order valence-corrected chi connectivity index (χ0v) is 22.0. The molecule has 0 amide bonds. The molecule has 0 aliphatic carbocycles. The number of nitrogens with zero attached hydrogens (tertiary/aromatic N) is 5. The van der Waals surface area contributed by atoms with E-state index in [0.717, 1.165) is 45.4 Å². The third kappa shape index (κ3) is 3.80. The summed E-state index contributed by atoms with van der Waals surface area (Å²) >= 11 is 0. The summed E-state index contributed by atoms with van der Waals surface area (Å²) in [6.07, 6.45) is 0. The molecule has 2 N–H and O–H groups in total. The first-order chi connectivity index (χ1) is 19.6. The van der Waals surface area contributed by atoms with Crippen LogP contribution < -0.4 is 15.0 Å². The third-order valence-corrected chi connectivity index (χ3v) is 7.20. The van der Waals surface area contributed by atoms with Crippen molar-refractivity contribution in [3.63, 3.8) is 0 Å². The van der Waals surface area contributed by atoms with Gasteiger partial charge in [0, 0.05) is 11.3 Å². The normalized spacial score (nSPS) is 15.3. The van der Waals surface area contributed by atoms with E-state index in [9.17, 15) is 5.11 Å². The third-order valence-electron chi connectivity index (χ3n) is 7.20. The lowest BCUT2D eigenvalue weighted by atomic mass is 9.93. The van der Waals surface area contributed by atoms with E-state index in [4.69, 9.17) is 19.8 Å². The summed E-state index contributed by atoms with van der Waals surface area (Å²) in [7, 11) is 1.56. The van der Waals surface area contributed by atoms with Gasteiger partial charge in [-0.05, 0) is 61.0 Å². The largest absolute Gasteiger partial charge is 0.504 e. The topological polar surface area (TPSA) is 87.3 Å². The number of aryl methyl sites for hydroxylation is 1. The van der Waals surface area contributed by atoms with Crippen LogP contribution in [0.3, 0.4) is 0 Å². The van der Waals surface area contributed by atoms with E-state index in [1.165, 1.54) is 0 Å². The fourth-order valence-corrected chi connectivity index (χ4v) is 5.38. The zero-order valence-electron chi connectivity index (χ0n) is 22.0. The van der Waals surface area contributed by atoms with Gasteiger partial charge in [0.2, 0.25) is 0 Å². The maximum Gasteiger partial charge on any atom is 0.179 e. The van der Waals surface area contributed by atoms with Crippen LogP contribution in [0.4, 0.5) is 22.9 Å². The number of aromatic nitrogens is 2. The highest BCUT2D eigenvalue weighted by atomic mass is 16.5. The van der Waals surface area contributed by atoms with Crippen LogP contribution in [0.25, 0.3) is 5.69 Å². The highest BCUT2D eigenvalue weighted by molar-refractivity contribution is 6.51. The van der Waals surface area contributed by atoms with Crippen molar-refractivity contribution in [1.29, 1.82) is 0 Å². The Morgan fingerprint density at radius 3 is 2.35 bits per heavy atom. The number of para-hydroxylation sites is 4. The summed E-state index contributed by atoms with van der Waals surface area (Å²) in [6, 6.07) is 33.2. The molecule has 0 spiro atoms. The van der Waals surface area contributed by atoms with Crippen molar-refractivity contribution in [3.05, 3.63) is 120 Å². The van der Waals surface area contributed by atoms with Gasteiger partial charge >= 0.3 is 0 Å². The fourth-order valence-electron chi connectivity index (χ4n) is 5.38. The Balaban J connectivity index is 1.51. The van der Waals surface area contributed by atoms with Crippen LogP contribution in [0.1, 0.15) is 22.9 Å². The maximum absolute atomic E-state index is 10.4. The first kappa shape index (κ1) is 23.7. The molecule has 0 unspecified atom stereocenters. The molecule has 8 heteroatoms. The molecule has 1 aromatic heterocycles. The molecule has 0 fully saturated rings. The Morgan fingerprint density at radius 2 is 1.57 bits per heavy atom. The molecule has 0 saturated carbocycles. The van der Waals surface area contributed by atoms with Crippen LogP contribution in [0.15, 0.2) is 113 Å². The molecule has 3 heterocycles. The summed E-state index contributed by atoms with van der Waals surface area (Å²) in [5, 5.41) is 18.9. The van der Waals surface area contributed by atoms with Gasteiger partial charge in [-0.25, -0.2) is 14.7 Å². The number of fused-ring (bicyclic) bond motifs is 4. The van der Waals surface area contributed by atoms with Gasteiger partial charge in [-0.3, -0.25) is 0 Å². The van der Waals surface area contributed by atoms with E-state index in [1.54, 1.807) is 13.2 Å². The van der Waals surface area contributed by atoms with Crippen LogP contribution in [-0.4, -0.2) is 33.7 Å². The summed E-state index contributed by atoms with van der Waals surface area (Å²) < 4.78 is 7.41. The van der Waals surface area contributed by atoms with E-state index in [2.05, 4.69) is 16.3 Å². The van der Waals surface area contributed by atoms with Crippen molar-refractivity contribution in [2.45, 2.75) is 13.0 Å². The van der Waals surface area contributed by atoms with Gasteiger partial charge in [-0.2, -0.15) is 5.10 Å². The fraction of sp³-hybridized carbons (Fsp3) is 0.0938. The van der Waals surface area contributed by atoms with E-state index in [-0.39, 0.29) is 11.8 Å². The predicted molar refractivity (Wildman–Crippen MR) is 158 cm³/mol. The van der Waals surface area contributed by atoms with E-state index >= 15 is 0 Å². The number of methoxy groups -OCH3 is 1. The molecule has 5 aromatic rings. The van der Waals surface area contributed by atoms with Gasteiger partial charge in [0.1, 0.15) is 0 Å². The van der Waals surface area contributed by atoms with Crippen LogP contribution in [0.5, 0.6) is 11.5 Å². The van der Waals surface area contributed by atoms with Gasteiger partial charge in [0.05, 0.1) is 35.9 Å². The standard InChI is InChI=1S/C32H26N6O2/c1-20-28-29(21-17-18-26(39)27(19-21)40-2)37-25-16-10-9-15-24(25)34-30(33-22-11-5-3-6-12-22)32(37)35-31(28)38(36-20)23-13-7-4-8-14-23/h3-19,29,39H,1-2H3,(H,33,34)/t29-/m0/s1. The summed E-state index contributed by atoms with van der Waals surface area (Å²) in [5.41, 5.74) is 6.32. The monoisotopic (exact) mass is 526 g/mol. The Morgan fingerprint density at radius 1 is 0.850 bits per heavy atom. The van der Waals surface area contributed by atoms with Gasteiger partial charge < -0.3 is 20.1 Å². The average molecular weight is 527 g/mol. The molecule has 2 aliphatic heterocycles. The maximum atomic E-state index is 10.4. The predicted octanol–water partition coefficient (Wildman–Crippen LogP) is 6.69. The number of nitrogens with one attached hydrogen (secondary N) is 1. The second-order valence-electron chi connectivity index (χ2n) is 9.65. The summed E-state index contributed by atoms with van der Waals surface area (Å²) in [5.74, 6) is 2.51. The minimum absolute atomic E-state index is 0.0833. The molecule has 0 saturated heterocycles. The number of hydrogen-bond acceptors (Lipinski definition) is 7. The number of aliphatic imine (C=N–C) groups is 2. The number of amidine groups is 2. The minimum atomic E-state index is -0.321. The number of aromatic hydroxyl groups is 1. The van der Waals surface area contributed by atoms with E-state index in [1.807, 2.05) is 103 Å². The average Bonchev–Trinajstić information content (AvgIpc) is 3.33. The van der Waals surface area contributed by atoms with Crippen LogP contribution >= 0.6 is 0 Å². The van der Waals surface area contributed by atoms with E-state index in [0.29, 0.717) is 17.4 Å². The van der Waals surface area contributed by atoms with Crippen molar-refractivity contribution in [2.24, 2.45) is 9.98 Å². The molecule has 0 radical (unpaired) electrons. The van der Waals surface area contributed by atoms with Crippen molar-refractivity contribution in [1.82, 2.24) is 9.78 Å². The zero-order chi connectivity index (χ0) is 27.2. The van der Waals surface area contributed by atoms with Crippen LogP contribution in [0.2, 0.25) is 0 Å². The number of rotatable bonds is 4. The molecule has 2 aliphatic rings. The number of ether oxygens (including phenoxy) is 1. The lowest BCUT2D eigenvalue weighted by Gasteiger charge is -2.40. The van der Waals surface area contributed by atoms with Crippen molar-refractivity contribution in [2.75, 3.05) is 17.3 Å². The molecular formula is C32H26N6O2. The summed E-state index contributed by atoms with van der Waals surface area (Å²) in [4.78, 5) is 12.5. The second-order valence-corrected chi connectivity index (χ2v) is 9.65. The van der Waals surface area contributed by atoms with Crippen molar-refractivity contribution < 1.29 is 9.84 Å². The Kier molecular flexibility index (Phi) is 5.59. The first-order valence-corrected chi connectivity index (χ1v) is 13.0. The van der Waals surface area contributed by atoms with Gasteiger partial charge in [-0.15, -0.1) is 0 Å². The number of phenols is 1. The molecule has 4 aromatic carbocycles. The Hall–Kier alpha value is -5.37. The molecule has 1 atom stereocenters. The molecule has 40 heavy (non-hydrogen) atoms. The molecule has 196 valence electrons. The van der Waals surface area contributed by atoms with Crippen LogP contribution in [0, 0.1) is 6.92 Å². The second kappa shape index (κ2) is 9.43. The molecule has 0 bridgehead atoms. The van der Waals surface area contributed by atoms with Crippen LogP contribution in [-0.2, 0) is 0 Å². The smallest absolute Gasteiger partial charge is 0.179 e. The number of hydrogen-bond donors (Lipinski definition) is 2. The summed E-state index contributed by atoms with van der Waals surface area (Å²) in [6.45, 7) is 2.01. The SMILES string of the molecule is COc1cc([C@H]2c3c(C)nn(-c4ccccc4)c3N=C3C(Nc4ccccc4)=Nc4ccccc4N32)ccc1O. The highest BCUT2D eigenvalue weighted by Gasteiger charge is 2.41. The molecule has 7 rings (SSSR count). The lowest BCUT2D eigenvalue weighted by molar-refractivity contribution is 0.372. The molecular weight excluding hydrogens is 500 g/mol. The van der Waals surface area contributed by atoms with Crippen molar-refractivity contribution in [3.8, 4) is 17.2 Å². The number of phenolic OH excluding ortho intramolecular Hbond substituents is 1. The Bertz CT molecular complexity index is 1790. The Labute approximate surface area is 231 Å². The quantitative estimate of drug-likeness (QED) is 0.272. The minimum Gasteiger partial charge on any atom is -0.504 e. The van der Waals surface area contributed by atoms with Gasteiger partial charge in [0.25, 0.3) is 0 Å². The lowest BCUT2D eigenvalue weighted by Crippen LogP contribution is -2.46. The van der Waals surface area contributed by atoms with Gasteiger partial charge in [-0.1, -0.05) is 54.6 Å². The number of benzene rings is 4. The highest BCUT2D eigenvalue weighted by Crippen LogP contribution is 2.49.